The van der Waals surface area contributed by atoms with Crippen LogP contribution in [0, 0.1) is 0 Å². The molecular formula is C14H18N6O5. The van der Waals surface area contributed by atoms with Crippen molar-refractivity contribution in [2.75, 3.05) is 6.61 Å². The lowest BCUT2D eigenvalue weighted by Crippen LogP contribution is -2.62. The molecule has 3 heterocycles. The van der Waals surface area contributed by atoms with E-state index in [9.17, 15) is 20.1 Å². The highest BCUT2D eigenvalue weighted by Crippen LogP contribution is 2.28. The molecule has 0 bridgehead atoms. The number of rotatable bonds is 4. The van der Waals surface area contributed by atoms with E-state index in [2.05, 4.69) is 25.6 Å². The summed E-state index contributed by atoms with van der Waals surface area (Å²) in [4.78, 5) is 19.6. The van der Waals surface area contributed by atoms with Crippen LogP contribution >= 0.6 is 0 Å². The van der Waals surface area contributed by atoms with Gasteiger partial charge in [-0.25, -0.2) is 14.6 Å². The molecule has 0 saturated carbocycles. The fourth-order valence-electron chi connectivity index (χ4n) is 2.65. The van der Waals surface area contributed by atoms with Crippen molar-refractivity contribution in [3.63, 3.8) is 0 Å². The summed E-state index contributed by atoms with van der Waals surface area (Å²) >= 11 is 0. The number of nitrogens with one attached hydrogen (secondary N) is 1. The number of carbonyl (C=O) groups is 1. The highest BCUT2D eigenvalue weighted by atomic mass is 16.5. The lowest BCUT2D eigenvalue weighted by Gasteiger charge is -2.42. The minimum Gasteiger partial charge on any atom is -0.394 e. The summed E-state index contributed by atoms with van der Waals surface area (Å²) in [6.07, 6.45) is -0.136. The zero-order valence-electron chi connectivity index (χ0n) is 13.3. The first-order valence-corrected chi connectivity index (χ1v) is 7.60. The van der Waals surface area contributed by atoms with Crippen LogP contribution in [0.25, 0.3) is 11.5 Å². The van der Waals surface area contributed by atoms with Crippen LogP contribution in [0.15, 0.2) is 24.7 Å². The predicted molar refractivity (Wildman–Crippen MR) is 81.7 cm³/mol. The van der Waals surface area contributed by atoms with Crippen molar-refractivity contribution in [3.05, 3.63) is 24.7 Å². The summed E-state index contributed by atoms with van der Waals surface area (Å²) in [6, 6.07) is 0.677. The lowest BCUT2D eigenvalue weighted by molar-refractivity contribution is -0.219. The van der Waals surface area contributed by atoms with E-state index in [1.807, 2.05) is 0 Å². The number of amides is 1. The third-order valence-electron chi connectivity index (χ3n) is 3.84. The summed E-state index contributed by atoms with van der Waals surface area (Å²) in [7, 11) is 0. The van der Waals surface area contributed by atoms with Crippen molar-refractivity contribution < 1.29 is 24.9 Å². The molecule has 0 aromatic carbocycles. The van der Waals surface area contributed by atoms with Crippen molar-refractivity contribution in [3.8, 4) is 11.5 Å². The van der Waals surface area contributed by atoms with Crippen LogP contribution in [-0.4, -0.2) is 77.1 Å². The maximum atomic E-state index is 11.4. The topological polar surface area (TPSA) is 156 Å². The fraction of sp³-hybridized carbons (Fsp3) is 0.500. The Morgan fingerprint density at radius 1 is 1.32 bits per heavy atom. The van der Waals surface area contributed by atoms with E-state index in [0.717, 1.165) is 0 Å². The average Bonchev–Trinajstić information content (AvgIpc) is 3.10. The number of nitrogens with zero attached hydrogens (tertiary/aromatic N) is 5. The van der Waals surface area contributed by atoms with Gasteiger partial charge in [0.05, 0.1) is 12.8 Å². The van der Waals surface area contributed by atoms with Gasteiger partial charge in [0, 0.05) is 19.3 Å². The standard InChI is InChI=1S/C14H18N6O5/c1-7(22)17-10-12(24)11(23)9(6-21)25-14(10)20-5-8(18-19-20)13-15-3-2-4-16-13/h2-5,9-12,14,21,23-24H,6H2,1H3,(H,17,22)/t9-,10-,11-,12-,14-/m1/s1. The van der Waals surface area contributed by atoms with Gasteiger partial charge in [-0.05, 0) is 6.07 Å². The Kier molecular flexibility index (Phi) is 4.99. The Bertz CT molecular complexity index is 726. The Labute approximate surface area is 142 Å². The molecular weight excluding hydrogens is 332 g/mol. The first kappa shape index (κ1) is 17.4. The largest absolute Gasteiger partial charge is 0.394 e. The molecule has 2 aromatic heterocycles. The van der Waals surface area contributed by atoms with E-state index in [1.54, 1.807) is 18.5 Å². The Morgan fingerprint density at radius 2 is 2.04 bits per heavy atom. The third-order valence-corrected chi connectivity index (χ3v) is 3.84. The second-order valence-corrected chi connectivity index (χ2v) is 5.61. The number of aromatic nitrogens is 5. The van der Waals surface area contributed by atoms with Gasteiger partial charge in [-0.3, -0.25) is 4.79 Å². The minimum atomic E-state index is -1.36. The molecule has 11 nitrogen and oxygen atoms in total. The third kappa shape index (κ3) is 3.49. The SMILES string of the molecule is CC(=O)N[C@@H]1[C@@H](O)[C@H](O)[C@@H](CO)O[C@H]1n1cc(-c2ncccn2)nn1. The summed E-state index contributed by atoms with van der Waals surface area (Å²) in [6.45, 7) is 0.768. The monoisotopic (exact) mass is 350 g/mol. The van der Waals surface area contributed by atoms with Gasteiger partial charge in [0.2, 0.25) is 5.91 Å². The number of ether oxygens (including phenoxy) is 1. The highest BCUT2D eigenvalue weighted by Gasteiger charge is 2.46. The van der Waals surface area contributed by atoms with E-state index in [4.69, 9.17) is 4.74 Å². The summed E-state index contributed by atoms with van der Waals surface area (Å²) in [5.41, 5.74) is 0.368. The van der Waals surface area contributed by atoms with E-state index in [0.29, 0.717) is 11.5 Å². The summed E-state index contributed by atoms with van der Waals surface area (Å²) in [5.74, 6) is -0.0704. The molecule has 134 valence electrons. The van der Waals surface area contributed by atoms with E-state index in [1.165, 1.54) is 17.8 Å². The van der Waals surface area contributed by atoms with Gasteiger partial charge < -0.3 is 25.4 Å². The molecule has 1 aliphatic heterocycles. The predicted octanol–water partition coefficient (Wildman–Crippen LogP) is -2.15. The smallest absolute Gasteiger partial charge is 0.217 e. The van der Waals surface area contributed by atoms with Crippen molar-refractivity contribution in [2.45, 2.75) is 37.5 Å². The van der Waals surface area contributed by atoms with E-state index >= 15 is 0 Å². The quantitative estimate of drug-likeness (QED) is 0.483. The molecule has 25 heavy (non-hydrogen) atoms. The van der Waals surface area contributed by atoms with Crippen LogP contribution in [0.2, 0.25) is 0 Å². The number of aliphatic hydroxyl groups is 3. The highest BCUT2D eigenvalue weighted by molar-refractivity contribution is 5.73. The Hall–Kier alpha value is -2.47. The second kappa shape index (κ2) is 7.19. The molecule has 4 N–H and O–H groups in total. The molecule has 1 saturated heterocycles. The van der Waals surface area contributed by atoms with Crippen molar-refractivity contribution in [2.24, 2.45) is 0 Å². The minimum absolute atomic E-state index is 0.347. The molecule has 1 aliphatic rings. The molecule has 5 atom stereocenters. The van der Waals surface area contributed by atoms with Gasteiger partial charge >= 0.3 is 0 Å². The van der Waals surface area contributed by atoms with Gasteiger partial charge in [-0.1, -0.05) is 5.21 Å². The number of hydrogen-bond acceptors (Lipinski definition) is 9. The van der Waals surface area contributed by atoms with Crippen LogP contribution in [-0.2, 0) is 9.53 Å². The molecule has 0 unspecified atom stereocenters. The Balaban J connectivity index is 1.91. The molecule has 0 radical (unpaired) electrons. The number of aliphatic hydroxyl groups excluding tert-OH is 3. The molecule has 1 fully saturated rings. The van der Waals surface area contributed by atoms with Gasteiger partial charge in [0.25, 0.3) is 0 Å². The lowest BCUT2D eigenvalue weighted by atomic mass is 9.96. The first-order chi connectivity index (χ1) is 12.0. The molecule has 3 rings (SSSR count). The van der Waals surface area contributed by atoms with Gasteiger partial charge in [0.15, 0.2) is 12.1 Å². The van der Waals surface area contributed by atoms with Crippen LogP contribution in [0.3, 0.4) is 0 Å². The van der Waals surface area contributed by atoms with Gasteiger partial charge in [0.1, 0.15) is 30.0 Å². The van der Waals surface area contributed by atoms with Crippen LogP contribution < -0.4 is 5.32 Å². The maximum absolute atomic E-state index is 11.4. The molecule has 0 spiro atoms. The van der Waals surface area contributed by atoms with Crippen molar-refractivity contribution in [1.82, 2.24) is 30.3 Å². The van der Waals surface area contributed by atoms with Crippen LogP contribution in [0.4, 0.5) is 0 Å². The zero-order valence-corrected chi connectivity index (χ0v) is 13.3. The zero-order chi connectivity index (χ0) is 18.0. The van der Waals surface area contributed by atoms with Crippen molar-refractivity contribution >= 4 is 5.91 Å². The van der Waals surface area contributed by atoms with Crippen molar-refractivity contribution in [1.29, 1.82) is 0 Å². The van der Waals surface area contributed by atoms with E-state index in [-0.39, 0.29) is 0 Å². The number of carbonyl (C=O) groups excluding carboxylic acids is 1. The van der Waals surface area contributed by atoms with Crippen LogP contribution in [0.5, 0.6) is 0 Å². The second-order valence-electron chi connectivity index (χ2n) is 5.61. The number of hydrogen-bond donors (Lipinski definition) is 4. The van der Waals surface area contributed by atoms with Crippen LogP contribution in [0.1, 0.15) is 13.2 Å². The Morgan fingerprint density at radius 3 is 2.68 bits per heavy atom. The summed E-state index contributed by atoms with van der Waals surface area (Å²) in [5, 5.41) is 40.1. The summed E-state index contributed by atoms with van der Waals surface area (Å²) < 4.78 is 6.89. The molecule has 11 heteroatoms. The molecule has 2 aromatic rings. The molecule has 1 amide bonds. The molecule has 0 aliphatic carbocycles. The van der Waals surface area contributed by atoms with Gasteiger partial charge in [-0.2, -0.15) is 0 Å². The van der Waals surface area contributed by atoms with Gasteiger partial charge in [-0.15, -0.1) is 5.10 Å². The first-order valence-electron chi connectivity index (χ1n) is 7.60. The maximum Gasteiger partial charge on any atom is 0.217 e. The normalized spacial score (nSPS) is 29.4. The average molecular weight is 350 g/mol. The van der Waals surface area contributed by atoms with E-state index < -0.39 is 43.1 Å². The fourth-order valence-corrected chi connectivity index (χ4v) is 2.65.